The van der Waals surface area contributed by atoms with E-state index in [-0.39, 0.29) is 41.7 Å². The van der Waals surface area contributed by atoms with E-state index in [2.05, 4.69) is 10.6 Å². The van der Waals surface area contributed by atoms with E-state index in [1.807, 2.05) is 34.6 Å². The summed E-state index contributed by atoms with van der Waals surface area (Å²) >= 11 is 0. The van der Waals surface area contributed by atoms with Gasteiger partial charge in [0.15, 0.2) is 6.61 Å². The number of nitrogens with one attached hydrogen (secondary N) is 2. The number of ether oxygens (including phenoxy) is 4. The van der Waals surface area contributed by atoms with Crippen LogP contribution in [0.25, 0.3) is 0 Å². The molecule has 13 heteroatoms. The third-order valence-electron chi connectivity index (χ3n) is 7.98. The van der Waals surface area contributed by atoms with Crippen molar-refractivity contribution in [2.45, 2.75) is 124 Å². The molecule has 0 saturated carbocycles. The van der Waals surface area contributed by atoms with Crippen LogP contribution in [-0.2, 0) is 19.1 Å². The summed E-state index contributed by atoms with van der Waals surface area (Å²) in [6.45, 7) is 16.2. The molecule has 13 nitrogen and oxygen atoms in total. The van der Waals surface area contributed by atoms with Gasteiger partial charge in [0, 0.05) is 44.8 Å². The number of hydrogen-bond donors (Lipinski definition) is 4. The summed E-state index contributed by atoms with van der Waals surface area (Å²) in [5.41, 5.74) is -0.455. The van der Waals surface area contributed by atoms with Gasteiger partial charge in [-0.3, -0.25) is 9.59 Å². The third kappa shape index (κ3) is 17.4. The first-order chi connectivity index (χ1) is 23.5. The predicted molar refractivity (Wildman–Crippen MR) is 192 cm³/mol. The van der Waals surface area contributed by atoms with Gasteiger partial charge in [-0.25, -0.2) is 9.59 Å². The van der Waals surface area contributed by atoms with E-state index >= 15 is 0 Å². The quantitative estimate of drug-likeness (QED) is 0.102. The fourth-order valence-corrected chi connectivity index (χ4v) is 5.24. The molecule has 0 aromatic heterocycles. The SMILES string of the molecule is CCCCNC(=O)C(CC(O)C(CCCN(C(=O)c1ccc(OCC(=O)O)cc1OCCCCOC)C(C)C)NC(=O)OC(C)(C)C)C(C)C. The van der Waals surface area contributed by atoms with Gasteiger partial charge in [0.1, 0.15) is 17.1 Å². The van der Waals surface area contributed by atoms with Gasteiger partial charge < -0.3 is 44.7 Å². The molecule has 286 valence electrons. The Labute approximate surface area is 298 Å². The van der Waals surface area contributed by atoms with Crippen molar-refractivity contribution in [1.29, 1.82) is 0 Å². The largest absolute Gasteiger partial charge is 0.493 e. The average molecular weight is 710 g/mol. The molecule has 0 heterocycles. The monoisotopic (exact) mass is 709 g/mol. The lowest BCUT2D eigenvalue weighted by atomic mass is 9.86. The highest BCUT2D eigenvalue weighted by Gasteiger charge is 2.31. The fourth-order valence-electron chi connectivity index (χ4n) is 5.24. The van der Waals surface area contributed by atoms with Crippen LogP contribution in [-0.4, -0.2) is 103 Å². The number of amides is 3. The molecule has 4 N–H and O–H groups in total. The van der Waals surface area contributed by atoms with E-state index in [9.17, 15) is 24.3 Å². The van der Waals surface area contributed by atoms with Crippen molar-refractivity contribution in [1.82, 2.24) is 15.5 Å². The molecule has 3 unspecified atom stereocenters. The summed E-state index contributed by atoms with van der Waals surface area (Å²) < 4.78 is 21.9. The lowest BCUT2D eigenvalue weighted by molar-refractivity contribution is -0.139. The molecule has 0 saturated heterocycles. The summed E-state index contributed by atoms with van der Waals surface area (Å²) in [5, 5.41) is 26.2. The molecule has 0 spiro atoms. The van der Waals surface area contributed by atoms with Crippen molar-refractivity contribution in [3.05, 3.63) is 23.8 Å². The van der Waals surface area contributed by atoms with Gasteiger partial charge in [0.05, 0.1) is 24.3 Å². The maximum atomic E-state index is 14.0. The number of carboxylic acids is 1. The second-order valence-electron chi connectivity index (χ2n) is 14.2. The Balaban J connectivity index is 3.21. The minimum atomic E-state index is -1.13. The maximum absolute atomic E-state index is 14.0. The molecule has 3 atom stereocenters. The highest BCUT2D eigenvalue weighted by Crippen LogP contribution is 2.28. The highest BCUT2D eigenvalue weighted by molar-refractivity contribution is 5.97. The molecule has 0 bridgehead atoms. The van der Waals surface area contributed by atoms with E-state index in [4.69, 9.17) is 24.1 Å². The first-order valence-corrected chi connectivity index (χ1v) is 17.9. The summed E-state index contributed by atoms with van der Waals surface area (Å²) in [5.74, 6) is -1.52. The summed E-state index contributed by atoms with van der Waals surface area (Å²) in [6.07, 6.45) is 2.40. The van der Waals surface area contributed by atoms with E-state index in [0.29, 0.717) is 51.1 Å². The zero-order valence-electron chi connectivity index (χ0n) is 31.7. The number of aliphatic hydroxyl groups is 1. The number of nitrogens with zero attached hydrogens (tertiary/aromatic N) is 1. The van der Waals surface area contributed by atoms with Gasteiger partial charge in [-0.2, -0.15) is 0 Å². The number of carboxylic acid groups (broad SMARTS) is 1. The van der Waals surface area contributed by atoms with Gasteiger partial charge >= 0.3 is 12.1 Å². The predicted octanol–water partition coefficient (Wildman–Crippen LogP) is 5.42. The van der Waals surface area contributed by atoms with Crippen LogP contribution in [0.4, 0.5) is 4.79 Å². The molecule has 1 aromatic carbocycles. The fraction of sp³-hybridized carbons (Fsp3) is 0.730. The van der Waals surface area contributed by atoms with Crippen molar-refractivity contribution in [2.24, 2.45) is 11.8 Å². The molecular weight excluding hydrogens is 646 g/mol. The number of methoxy groups -OCH3 is 1. The number of hydrogen-bond acceptors (Lipinski definition) is 9. The zero-order valence-corrected chi connectivity index (χ0v) is 31.7. The van der Waals surface area contributed by atoms with Crippen LogP contribution >= 0.6 is 0 Å². The van der Waals surface area contributed by atoms with Crippen LogP contribution in [0.5, 0.6) is 11.5 Å². The molecule has 0 aliphatic heterocycles. The molecule has 1 aromatic rings. The Bertz CT molecular complexity index is 1180. The molecule has 3 amide bonds. The summed E-state index contributed by atoms with van der Waals surface area (Å²) in [6, 6.07) is 3.67. The van der Waals surface area contributed by atoms with Gasteiger partial charge in [-0.15, -0.1) is 0 Å². The van der Waals surface area contributed by atoms with E-state index < -0.39 is 42.3 Å². The Morgan fingerprint density at radius 1 is 0.960 bits per heavy atom. The Morgan fingerprint density at radius 2 is 1.64 bits per heavy atom. The first-order valence-electron chi connectivity index (χ1n) is 17.9. The van der Waals surface area contributed by atoms with Gasteiger partial charge in [0.25, 0.3) is 5.91 Å². The van der Waals surface area contributed by atoms with Crippen molar-refractivity contribution >= 4 is 23.9 Å². The van der Waals surface area contributed by atoms with Crippen LogP contribution in [0.1, 0.15) is 111 Å². The molecule has 0 radical (unpaired) electrons. The number of aliphatic carboxylic acids is 1. The Hall–Kier alpha value is -3.58. The van der Waals surface area contributed by atoms with E-state index in [1.165, 1.54) is 12.1 Å². The van der Waals surface area contributed by atoms with Crippen LogP contribution in [0.3, 0.4) is 0 Å². The lowest BCUT2D eigenvalue weighted by Gasteiger charge is -2.31. The standard InChI is InChI=1S/C37H63N3O10/c1-10-11-18-38-34(44)29(25(2)3)23-31(41)30(39-36(46)50-37(6,7)8)15-14-19-40(26(4)5)35(45)28-17-16-27(49-24-33(42)43)22-32(28)48-21-13-12-20-47-9/h16-17,22,25-26,29-31,41H,10-15,18-21,23-24H2,1-9H3,(H,38,44)(H,39,46)(H,42,43). The Kier molecular flexibility index (Phi) is 20.4. The summed E-state index contributed by atoms with van der Waals surface area (Å²) in [7, 11) is 1.62. The molecule has 50 heavy (non-hydrogen) atoms. The number of benzene rings is 1. The lowest BCUT2D eigenvalue weighted by Crippen LogP contribution is -2.48. The molecular formula is C37H63N3O10. The van der Waals surface area contributed by atoms with Crippen LogP contribution in [0, 0.1) is 11.8 Å². The molecule has 1 rings (SSSR count). The van der Waals surface area contributed by atoms with Gasteiger partial charge in [-0.1, -0.05) is 27.2 Å². The zero-order chi connectivity index (χ0) is 37.9. The number of unbranched alkanes of at least 4 members (excludes halogenated alkanes) is 2. The van der Waals surface area contributed by atoms with Gasteiger partial charge in [0.2, 0.25) is 5.91 Å². The van der Waals surface area contributed by atoms with Crippen molar-refractivity contribution in [3.63, 3.8) is 0 Å². The number of rotatable bonds is 24. The van der Waals surface area contributed by atoms with Crippen LogP contribution in [0.2, 0.25) is 0 Å². The summed E-state index contributed by atoms with van der Waals surface area (Å²) in [4.78, 5) is 52.6. The minimum absolute atomic E-state index is 0.0418. The minimum Gasteiger partial charge on any atom is -0.493 e. The topological polar surface area (TPSA) is 173 Å². The number of carbonyl (C=O) groups is 4. The van der Waals surface area contributed by atoms with Crippen molar-refractivity contribution in [3.8, 4) is 11.5 Å². The van der Waals surface area contributed by atoms with E-state index in [0.717, 1.165) is 19.3 Å². The maximum Gasteiger partial charge on any atom is 0.407 e. The number of aliphatic hydroxyl groups excluding tert-OH is 1. The van der Waals surface area contributed by atoms with E-state index in [1.54, 1.807) is 38.8 Å². The average Bonchev–Trinajstić information content (AvgIpc) is 3.02. The second kappa shape index (κ2) is 23.0. The van der Waals surface area contributed by atoms with Crippen LogP contribution < -0.4 is 20.1 Å². The second-order valence-corrected chi connectivity index (χ2v) is 14.2. The van der Waals surface area contributed by atoms with Crippen molar-refractivity contribution < 1.29 is 48.3 Å². The van der Waals surface area contributed by atoms with Crippen molar-refractivity contribution in [2.75, 3.05) is 40.0 Å². The number of alkyl carbamates (subject to hydrolysis) is 1. The smallest absolute Gasteiger partial charge is 0.407 e. The number of carbonyl (C=O) groups excluding carboxylic acids is 3. The van der Waals surface area contributed by atoms with Crippen LogP contribution in [0.15, 0.2) is 18.2 Å². The third-order valence-corrected chi connectivity index (χ3v) is 7.98. The Morgan fingerprint density at radius 3 is 2.22 bits per heavy atom. The first kappa shape index (κ1) is 44.4. The molecule has 0 fully saturated rings. The van der Waals surface area contributed by atoms with Gasteiger partial charge in [-0.05, 0) is 91.2 Å². The molecule has 0 aliphatic rings. The normalized spacial score (nSPS) is 13.4. The highest BCUT2D eigenvalue weighted by atomic mass is 16.6. The molecule has 0 aliphatic carbocycles.